The molecule has 1 heteroatoms. The van der Waals surface area contributed by atoms with Gasteiger partial charge in [-0.25, -0.2) is 0 Å². The summed E-state index contributed by atoms with van der Waals surface area (Å²) in [7, 11) is 0. The zero-order chi connectivity index (χ0) is 8.81. The van der Waals surface area contributed by atoms with E-state index in [4.69, 9.17) is 0 Å². The molecule has 0 aromatic rings. The van der Waals surface area contributed by atoms with Gasteiger partial charge in [0.15, 0.2) is 0 Å². The lowest BCUT2D eigenvalue weighted by Crippen LogP contribution is -2.23. The maximum atomic E-state index is 3.56. The van der Waals surface area contributed by atoms with Crippen LogP contribution in [0.4, 0.5) is 0 Å². The Bertz CT molecular complexity index is 104. The second-order valence-corrected chi connectivity index (χ2v) is 4.54. The second-order valence-electron chi connectivity index (χ2n) is 4.54. The molecule has 0 saturated heterocycles. The van der Waals surface area contributed by atoms with Crippen molar-refractivity contribution in [3.8, 4) is 0 Å². The van der Waals surface area contributed by atoms with Crippen LogP contribution in [0.1, 0.15) is 46.0 Å². The highest BCUT2D eigenvalue weighted by molar-refractivity contribution is 4.69. The second kappa shape index (κ2) is 5.58. The van der Waals surface area contributed by atoms with Gasteiger partial charge in [-0.05, 0) is 44.2 Å². The van der Waals surface area contributed by atoms with Crippen LogP contribution in [0.25, 0.3) is 0 Å². The van der Waals surface area contributed by atoms with Crippen LogP contribution >= 0.6 is 0 Å². The Morgan fingerprint density at radius 3 is 2.50 bits per heavy atom. The lowest BCUT2D eigenvalue weighted by Gasteiger charge is -2.11. The van der Waals surface area contributed by atoms with E-state index in [2.05, 4.69) is 19.2 Å². The van der Waals surface area contributed by atoms with E-state index in [9.17, 15) is 0 Å². The van der Waals surface area contributed by atoms with Crippen molar-refractivity contribution >= 4 is 0 Å². The van der Waals surface area contributed by atoms with E-state index in [1.165, 1.54) is 45.2 Å². The van der Waals surface area contributed by atoms with Crippen LogP contribution in [0, 0.1) is 11.8 Å². The van der Waals surface area contributed by atoms with Crippen LogP contribution in [0.5, 0.6) is 0 Å². The molecule has 1 saturated carbocycles. The van der Waals surface area contributed by atoms with Crippen molar-refractivity contribution in [3.63, 3.8) is 0 Å². The fourth-order valence-corrected chi connectivity index (χ4v) is 1.91. The molecule has 1 aliphatic rings. The molecule has 0 unspecified atom stereocenters. The highest BCUT2D eigenvalue weighted by Crippen LogP contribution is 2.23. The largest absolute Gasteiger partial charge is 0.316 e. The van der Waals surface area contributed by atoms with Crippen molar-refractivity contribution < 1.29 is 0 Å². The molecule has 0 heterocycles. The van der Waals surface area contributed by atoms with Crippen molar-refractivity contribution in [2.75, 3.05) is 13.1 Å². The topological polar surface area (TPSA) is 12.0 Å². The molecule has 1 nitrogen and oxygen atoms in total. The first-order valence-corrected chi connectivity index (χ1v) is 5.49. The highest BCUT2D eigenvalue weighted by Gasteiger charge is 2.13. The molecule has 0 atom stereocenters. The van der Waals surface area contributed by atoms with Gasteiger partial charge in [0, 0.05) is 0 Å². The molecule has 1 rings (SSSR count). The average molecular weight is 169 g/mol. The molecule has 1 N–H and O–H groups in total. The first-order valence-electron chi connectivity index (χ1n) is 5.49. The Hall–Kier alpha value is -0.0400. The average Bonchev–Trinajstić information content (AvgIpc) is 2.49. The standard InChI is InChI=1S/C11H23N/c1-10(2)7-8-12-9-11-5-3-4-6-11/h10-12H,3-9H2,1-2H3. The van der Waals surface area contributed by atoms with E-state index < -0.39 is 0 Å². The predicted molar refractivity (Wildman–Crippen MR) is 54.3 cm³/mol. The molecule has 72 valence electrons. The van der Waals surface area contributed by atoms with Gasteiger partial charge < -0.3 is 5.32 Å². The SMILES string of the molecule is CC(C)CCNCC1CCCC1. The van der Waals surface area contributed by atoms with Crippen LogP contribution in [-0.2, 0) is 0 Å². The summed E-state index contributed by atoms with van der Waals surface area (Å²) in [5, 5.41) is 3.56. The first-order chi connectivity index (χ1) is 5.79. The molecule has 0 bridgehead atoms. The molecular formula is C11H23N. The maximum Gasteiger partial charge on any atom is -0.00205 e. The summed E-state index contributed by atoms with van der Waals surface area (Å²) < 4.78 is 0. The number of rotatable bonds is 5. The van der Waals surface area contributed by atoms with Crippen LogP contribution in [0.15, 0.2) is 0 Å². The Morgan fingerprint density at radius 2 is 1.92 bits per heavy atom. The zero-order valence-electron chi connectivity index (χ0n) is 8.60. The van der Waals surface area contributed by atoms with Gasteiger partial charge in [-0.2, -0.15) is 0 Å². The summed E-state index contributed by atoms with van der Waals surface area (Å²) >= 11 is 0. The molecule has 1 fully saturated rings. The number of nitrogens with one attached hydrogen (secondary N) is 1. The monoisotopic (exact) mass is 169 g/mol. The van der Waals surface area contributed by atoms with Crippen LogP contribution in [0.3, 0.4) is 0 Å². The third kappa shape index (κ3) is 4.10. The summed E-state index contributed by atoms with van der Waals surface area (Å²) in [5.41, 5.74) is 0. The van der Waals surface area contributed by atoms with Crippen molar-refractivity contribution in [1.29, 1.82) is 0 Å². The fraction of sp³-hybridized carbons (Fsp3) is 1.00. The molecule has 0 aromatic carbocycles. The predicted octanol–water partition coefficient (Wildman–Crippen LogP) is 2.81. The Kier molecular flexibility index (Phi) is 4.67. The minimum Gasteiger partial charge on any atom is -0.316 e. The summed E-state index contributed by atoms with van der Waals surface area (Å²) in [6.07, 6.45) is 7.20. The summed E-state index contributed by atoms with van der Waals surface area (Å²) in [5.74, 6) is 1.85. The quantitative estimate of drug-likeness (QED) is 0.624. The molecule has 0 spiro atoms. The van der Waals surface area contributed by atoms with E-state index in [0.29, 0.717) is 0 Å². The molecule has 1 aliphatic carbocycles. The van der Waals surface area contributed by atoms with Gasteiger partial charge in [-0.3, -0.25) is 0 Å². The third-order valence-corrected chi connectivity index (χ3v) is 2.81. The molecule has 12 heavy (non-hydrogen) atoms. The van der Waals surface area contributed by atoms with Crippen LogP contribution < -0.4 is 5.32 Å². The normalized spacial score (nSPS) is 19.2. The van der Waals surface area contributed by atoms with Crippen molar-refractivity contribution in [3.05, 3.63) is 0 Å². The van der Waals surface area contributed by atoms with Gasteiger partial charge in [-0.1, -0.05) is 26.7 Å². The number of hydrogen-bond donors (Lipinski definition) is 1. The molecular weight excluding hydrogens is 146 g/mol. The first kappa shape index (κ1) is 10.0. The van der Waals surface area contributed by atoms with E-state index >= 15 is 0 Å². The lowest BCUT2D eigenvalue weighted by molar-refractivity contribution is 0.463. The van der Waals surface area contributed by atoms with Gasteiger partial charge in [0.05, 0.1) is 0 Å². The third-order valence-electron chi connectivity index (χ3n) is 2.81. The van der Waals surface area contributed by atoms with Crippen LogP contribution in [-0.4, -0.2) is 13.1 Å². The van der Waals surface area contributed by atoms with E-state index in [-0.39, 0.29) is 0 Å². The number of hydrogen-bond acceptors (Lipinski definition) is 1. The summed E-state index contributed by atoms with van der Waals surface area (Å²) in [6, 6.07) is 0. The fourth-order valence-electron chi connectivity index (χ4n) is 1.91. The maximum absolute atomic E-state index is 3.56. The Morgan fingerprint density at radius 1 is 1.25 bits per heavy atom. The molecule has 0 amide bonds. The summed E-state index contributed by atoms with van der Waals surface area (Å²) in [6.45, 7) is 7.06. The molecule has 0 radical (unpaired) electrons. The highest BCUT2D eigenvalue weighted by atomic mass is 14.9. The van der Waals surface area contributed by atoms with E-state index in [1.54, 1.807) is 0 Å². The minimum atomic E-state index is 0.848. The molecule has 0 aromatic heterocycles. The van der Waals surface area contributed by atoms with Gasteiger partial charge in [0.25, 0.3) is 0 Å². The van der Waals surface area contributed by atoms with Gasteiger partial charge in [-0.15, -0.1) is 0 Å². The Balaban J connectivity index is 1.88. The molecule has 0 aliphatic heterocycles. The van der Waals surface area contributed by atoms with Crippen molar-refractivity contribution in [2.24, 2.45) is 11.8 Å². The van der Waals surface area contributed by atoms with Gasteiger partial charge >= 0.3 is 0 Å². The van der Waals surface area contributed by atoms with E-state index in [0.717, 1.165) is 11.8 Å². The smallest absolute Gasteiger partial charge is 0.00205 e. The summed E-state index contributed by atoms with van der Waals surface area (Å²) in [4.78, 5) is 0. The van der Waals surface area contributed by atoms with Crippen molar-refractivity contribution in [1.82, 2.24) is 5.32 Å². The minimum absolute atomic E-state index is 0.848. The Labute approximate surface area is 76.9 Å². The lowest BCUT2D eigenvalue weighted by atomic mass is 10.1. The zero-order valence-corrected chi connectivity index (χ0v) is 8.60. The van der Waals surface area contributed by atoms with Gasteiger partial charge in [0.1, 0.15) is 0 Å². The van der Waals surface area contributed by atoms with Gasteiger partial charge in [0.2, 0.25) is 0 Å². The van der Waals surface area contributed by atoms with Crippen LogP contribution in [0.2, 0.25) is 0 Å². The van der Waals surface area contributed by atoms with E-state index in [1.807, 2.05) is 0 Å². The van der Waals surface area contributed by atoms with Crippen molar-refractivity contribution in [2.45, 2.75) is 46.0 Å².